The summed E-state index contributed by atoms with van der Waals surface area (Å²) in [4.78, 5) is 47.3. The SMILES string of the molecule is COC(=O)CC1CC(C(=O)OC)(C(=O)OC)CC1C(C)=O. The second-order valence-electron chi connectivity index (χ2n) is 5.23. The van der Waals surface area contributed by atoms with Crippen LogP contribution in [0.25, 0.3) is 0 Å². The Morgan fingerprint density at radius 1 is 0.952 bits per heavy atom. The lowest BCUT2D eigenvalue weighted by molar-refractivity contribution is -0.169. The Hall–Kier alpha value is -1.92. The van der Waals surface area contributed by atoms with Crippen molar-refractivity contribution in [3.8, 4) is 0 Å². The van der Waals surface area contributed by atoms with Crippen LogP contribution in [-0.4, -0.2) is 45.0 Å². The summed E-state index contributed by atoms with van der Waals surface area (Å²) < 4.78 is 14.0. The van der Waals surface area contributed by atoms with E-state index in [0.29, 0.717) is 0 Å². The van der Waals surface area contributed by atoms with Crippen molar-refractivity contribution in [1.29, 1.82) is 0 Å². The van der Waals surface area contributed by atoms with Crippen molar-refractivity contribution < 1.29 is 33.4 Å². The van der Waals surface area contributed by atoms with E-state index in [4.69, 9.17) is 9.47 Å². The fraction of sp³-hybridized carbons (Fsp3) is 0.714. The van der Waals surface area contributed by atoms with Crippen molar-refractivity contribution in [2.24, 2.45) is 17.3 Å². The van der Waals surface area contributed by atoms with Crippen molar-refractivity contribution in [3.05, 3.63) is 0 Å². The lowest BCUT2D eigenvalue weighted by atomic mass is 9.84. The molecular formula is C14H20O7. The number of rotatable bonds is 5. The molecule has 0 aliphatic heterocycles. The zero-order valence-corrected chi connectivity index (χ0v) is 12.6. The maximum Gasteiger partial charge on any atom is 0.323 e. The summed E-state index contributed by atoms with van der Waals surface area (Å²) in [5, 5.41) is 0. The van der Waals surface area contributed by atoms with E-state index < -0.39 is 35.2 Å². The number of carbonyl (C=O) groups excluding carboxylic acids is 4. The van der Waals surface area contributed by atoms with E-state index in [9.17, 15) is 19.2 Å². The molecule has 0 aromatic rings. The Morgan fingerprint density at radius 3 is 1.86 bits per heavy atom. The van der Waals surface area contributed by atoms with E-state index in [-0.39, 0.29) is 25.0 Å². The summed E-state index contributed by atoms with van der Waals surface area (Å²) in [5.74, 6) is -3.19. The van der Waals surface area contributed by atoms with Crippen molar-refractivity contribution in [1.82, 2.24) is 0 Å². The molecule has 1 saturated carbocycles. The van der Waals surface area contributed by atoms with Crippen LogP contribution in [0, 0.1) is 17.3 Å². The van der Waals surface area contributed by atoms with Gasteiger partial charge >= 0.3 is 17.9 Å². The topological polar surface area (TPSA) is 96.0 Å². The van der Waals surface area contributed by atoms with E-state index in [2.05, 4.69) is 4.74 Å². The third-order valence-corrected chi connectivity index (χ3v) is 4.08. The largest absolute Gasteiger partial charge is 0.469 e. The highest BCUT2D eigenvalue weighted by molar-refractivity contribution is 6.01. The Balaban J connectivity index is 3.13. The van der Waals surface area contributed by atoms with Crippen LogP contribution >= 0.6 is 0 Å². The number of ketones is 1. The Morgan fingerprint density at radius 2 is 1.48 bits per heavy atom. The van der Waals surface area contributed by atoms with E-state index in [1.807, 2.05) is 0 Å². The van der Waals surface area contributed by atoms with Crippen LogP contribution in [0.3, 0.4) is 0 Å². The fourth-order valence-corrected chi connectivity index (χ4v) is 3.01. The average molecular weight is 300 g/mol. The predicted molar refractivity (Wildman–Crippen MR) is 70.0 cm³/mol. The third-order valence-electron chi connectivity index (χ3n) is 4.08. The van der Waals surface area contributed by atoms with E-state index in [1.54, 1.807) is 0 Å². The minimum atomic E-state index is -1.53. The number of hydrogen-bond donors (Lipinski definition) is 0. The van der Waals surface area contributed by atoms with E-state index in [0.717, 1.165) is 0 Å². The number of esters is 3. The first-order valence-electron chi connectivity index (χ1n) is 6.56. The monoisotopic (exact) mass is 300 g/mol. The molecule has 0 amide bonds. The van der Waals surface area contributed by atoms with Gasteiger partial charge in [0.1, 0.15) is 5.78 Å². The smallest absolute Gasteiger partial charge is 0.323 e. The molecule has 1 rings (SSSR count). The molecule has 1 aliphatic rings. The average Bonchev–Trinajstić information content (AvgIpc) is 2.86. The normalized spacial score (nSPS) is 23.2. The van der Waals surface area contributed by atoms with Gasteiger partial charge in [0.05, 0.1) is 21.3 Å². The minimum absolute atomic E-state index is 0.0106. The van der Waals surface area contributed by atoms with Crippen LogP contribution in [0.5, 0.6) is 0 Å². The van der Waals surface area contributed by atoms with Crippen LogP contribution in [-0.2, 0) is 33.4 Å². The van der Waals surface area contributed by atoms with Gasteiger partial charge in [-0.15, -0.1) is 0 Å². The molecule has 0 heterocycles. The summed E-state index contributed by atoms with van der Waals surface area (Å²) in [5.41, 5.74) is -1.53. The first kappa shape index (κ1) is 17.1. The minimum Gasteiger partial charge on any atom is -0.469 e. The summed E-state index contributed by atoms with van der Waals surface area (Å²) in [7, 11) is 3.58. The molecule has 0 radical (unpaired) electrons. The molecular weight excluding hydrogens is 280 g/mol. The zero-order chi connectivity index (χ0) is 16.2. The fourth-order valence-electron chi connectivity index (χ4n) is 3.01. The molecule has 118 valence electrons. The lowest BCUT2D eigenvalue weighted by Crippen LogP contribution is -2.39. The van der Waals surface area contributed by atoms with Gasteiger partial charge in [-0.25, -0.2) is 0 Å². The van der Waals surface area contributed by atoms with Crippen LogP contribution in [0.1, 0.15) is 26.2 Å². The molecule has 0 N–H and O–H groups in total. The predicted octanol–water partition coefficient (Wildman–Crippen LogP) is 0.497. The van der Waals surface area contributed by atoms with Gasteiger partial charge < -0.3 is 14.2 Å². The van der Waals surface area contributed by atoms with Crippen molar-refractivity contribution in [3.63, 3.8) is 0 Å². The molecule has 0 aromatic carbocycles. The first-order valence-corrected chi connectivity index (χ1v) is 6.56. The molecule has 1 aliphatic carbocycles. The van der Waals surface area contributed by atoms with Crippen LogP contribution in [0.2, 0.25) is 0 Å². The second kappa shape index (κ2) is 6.69. The van der Waals surface area contributed by atoms with Gasteiger partial charge in [0.25, 0.3) is 0 Å². The van der Waals surface area contributed by atoms with E-state index in [1.165, 1.54) is 28.3 Å². The third kappa shape index (κ3) is 3.22. The quantitative estimate of drug-likeness (QED) is 0.414. The zero-order valence-electron chi connectivity index (χ0n) is 12.6. The number of carbonyl (C=O) groups is 4. The van der Waals surface area contributed by atoms with Crippen molar-refractivity contribution in [2.45, 2.75) is 26.2 Å². The van der Waals surface area contributed by atoms with Crippen LogP contribution < -0.4 is 0 Å². The van der Waals surface area contributed by atoms with Gasteiger partial charge in [-0.3, -0.25) is 19.2 Å². The first-order chi connectivity index (χ1) is 9.82. The standard InChI is InChI=1S/C14H20O7/c1-8(15)10-7-14(12(17)20-3,13(18)21-4)6-9(10)5-11(16)19-2/h9-10H,5-7H2,1-4H3. The van der Waals surface area contributed by atoms with Gasteiger partial charge in [-0.1, -0.05) is 0 Å². The Kier molecular flexibility index (Phi) is 5.46. The molecule has 7 nitrogen and oxygen atoms in total. The Bertz CT molecular complexity index is 438. The Labute approximate surface area is 122 Å². The van der Waals surface area contributed by atoms with Crippen LogP contribution in [0.15, 0.2) is 0 Å². The summed E-state index contributed by atoms with van der Waals surface area (Å²) >= 11 is 0. The number of hydrogen-bond acceptors (Lipinski definition) is 7. The number of methoxy groups -OCH3 is 3. The summed E-state index contributed by atoms with van der Waals surface area (Å²) in [6, 6.07) is 0. The maximum absolute atomic E-state index is 12.1. The van der Waals surface area contributed by atoms with Gasteiger partial charge in [0, 0.05) is 12.3 Å². The molecule has 0 spiro atoms. The van der Waals surface area contributed by atoms with Gasteiger partial charge in [-0.2, -0.15) is 0 Å². The molecule has 21 heavy (non-hydrogen) atoms. The second-order valence-corrected chi connectivity index (χ2v) is 5.23. The maximum atomic E-state index is 12.1. The number of ether oxygens (including phenoxy) is 3. The van der Waals surface area contributed by atoms with E-state index >= 15 is 0 Å². The van der Waals surface area contributed by atoms with Gasteiger partial charge in [0.15, 0.2) is 5.41 Å². The molecule has 0 aromatic heterocycles. The molecule has 0 saturated heterocycles. The van der Waals surface area contributed by atoms with Crippen molar-refractivity contribution in [2.75, 3.05) is 21.3 Å². The molecule has 2 atom stereocenters. The highest BCUT2D eigenvalue weighted by Gasteiger charge is 2.58. The van der Waals surface area contributed by atoms with Crippen molar-refractivity contribution >= 4 is 23.7 Å². The van der Waals surface area contributed by atoms with Gasteiger partial charge in [0.2, 0.25) is 0 Å². The summed E-state index contributed by atoms with van der Waals surface area (Å²) in [6.45, 7) is 1.37. The summed E-state index contributed by atoms with van der Waals surface area (Å²) in [6.07, 6.45) is -0.00841. The highest BCUT2D eigenvalue weighted by Crippen LogP contribution is 2.49. The van der Waals surface area contributed by atoms with Gasteiger partial charge in [-0.05, 0) is 25.7 Å². The molecule has 7 heteroatoms. The molecule has 1 fully saturated rings. The highest BCUT2D eigenvalue weighted by atomic mass is 16.5. The lowest BCUT2D eigenvalue weighted by Gasteiger charge is -2.23. The number of Topliss-reactive ketones (excluding diaryl/α,β-unsaturated/α-hetero) is 1. The van der Waals surface area contributed by atoms with Crippen LogP contribution in [0.4, 0.5) is 0 Å². The molecule has 0 bridgehead atoms. The molecule has 2 unspecified atom stereocenters.